The summed E-state index contributed by atoms with van der Waals surface area (Å²) in [6.07, 6.45) is 13.9. The number of hydrogen-bond donors (Lipinski definition) is 1. The van der Waals surface area contributed by atoms with E-state index in [9.17, 15) is 0 Å². The van der Waals surface area contributed by atoms with E-state index >= 15 is 0 Å². The molecule has 6 heteroatoms. The van der Waals surface area contributed by atoms with E-state index in [1.54, 1.807) is 0 Å². The zero-order chi connectivity index (χ0) is 19.8. The molecule has 0 spiro atoms. The van der Waals surface area contributed by atoms with Crippen molar-refractivity contribution in [3.63, 3.8) is 0 Å². The van der Waals surface area contributed by atoms with Crippen LogP contribution in [0.5, 0.6) is 0 Å². The molecule has 0 aromatic heterocycles. The molecule has 0 bridgehead atoms. The van der Waals surface area contributed by atoms with Crippen molar-refractivity contribution in [3.05, 3.63) is 81.5 Å². The average Bonchev–Trinajstić information content (AvgIpc) is 3.19. The van der Waals surface area contributed by atoms with E-state index in [-0.39, 0.29) is 22.6 Å². The Kier molecular flexibility index (Phi) is 5.10. The fourth-order valence-electron chi connectivity index (χ4n) is 4.17. The molecule has 1 aromatic rings. The lowest BCUT2D eigenvalue weighted by molar-refractivity contribution is -0.0270. The van der Waals surface area contributed by atoms with Gasteiger partial charge in [-0.15, -0.1) is 0 Å². The highest BCUT2D eigenvalue weighted by molar-refractivity contribution is 8.17. The summed E-state index contributed by atoms with van der Waals surface area (Å²) in [4.78, 5) is 12.6. The highest BCUT2D eigenvalue weighted by Gasteiger charge is 2.35. The maximum Gasteiger partial charge on any atom is 0.238 e. The quantitative estimate of drug-likeness (QED) is 0.666. The maximum atomic E-state index is 6.45. The molecule has 3 unspecified atom stereocenters. The molecular weight excluding hydrogens is 402 g/mol. The maximum absolute atomic E-state index is 6.45. The first kappa shape index (κ1) is 18.8. The van der Waals surface area contributed by atoms with Gasteiger partial charge in [-0.1, -0.05) is 64.8 Å². The lowest BCUT2D eigenvalue weighted by Gasteiger charge is -2.35. The second-order valence-corrected chi connectivity index (χ2v) is 9.73. The number of aliphatic imine (C=N–C) groups is 1. The summed E-state index contributed by atoms with van der Waals surface area (Å²) >= 11 is 6.45. The van der Waals surface area contributed by atoms with Crippen molar-refractivity contribution in [2.24, 2.45) is 10.9 Å². The normalized spacial score (nSPS) is 27.8. The van der Waals surface area contributed by atoms with Gasteiger partial charge < -0.3 is 9.56 Å². The molecule has 150 valence electrons. The summed E-state index contributed by atoms with van der Waals surface area (Å²) in [5, 5.41) is 4.97. The summed E-state index contributed by atoms with van der Waals surface area (Å²) in [6, 6.07) is 8.19. The number of hydroxylamine groups is 2. The summed E-state index contributed by atoms with van der Waals surface area (Å²) in [6.45, 7) is 2.85. The Labute approximate surface area is 179 Å². The van der Waals surface area contributed by atoms with Crippen molar-refractivity contribution in [3.8, 4) is 0 Å². The van der Waals surface area contributed by atoms with Gasteiger partial charge in [-0.3, -0.25) is 0 Å². The summed E-state index contributed by atoms with van der Waals surface area (Å²) < 4.78 is 3.59. The first-order valence-electron chi connectivity index (χ1n) is 10.1. The van der Waals surface area contributed by atoms with Crippen LogP contribution < -0.4 is 4.72 Å². The third kappa shape index (κ3) is 3.58. The number of hydrogen-bond acceptors (Lipinski definition) is 4. The minimum atomic E-state index is -0.176. The Morgan fingerprint density at radius 1 is 1.38 bits per heavy atom. The molecule has 0 radical (unpaired) electrons. The Bertz CT molecular complexity index is 1020. The van der Waals surface area contributed by atoms with Crippen molar-refractivity contribution in [2.75, 3.05) is 6.54 Å². The largest absolute Gasteiger partial charge is 0.381 e. The Morgan fingerprint density at radius 2 is 2.28 bits per heavy atom. The van der Waals surface area contributed by atoms with Crippen LogP contribution in [-0.2, 0) is 11.3 Å². The fraction of sp³-hybridized carbons (Fsp3) is 0.304. The fourth-order valence-corrected chi connectivity index (χ4v) is 5.96. The van der Waals surface area contributed by atoms with Gasteiger partial charge in [-0.05, 0) is 42.8 Å². The molecule has 4 aliphatic rings. The van der Waals surface area contributed by atoms with Gasteiger partial charge in [0.1, 0.15) is 5.76 Å². The number of nitrogens with one attached hydrogen (secondary N) is 1. The Hall–Kier alpha value is -2.24. The van der Waals surface area contributed by atoms with Gasteiger partial charge in [0.15, 0.2) is 0 Å². The van der Waals surface area contributed by atoms with Crippen LogP contribution in [0.25, 0.3) is 0 Å². The molecule has 2 aliphatic heterocycles. The van der Waals surface area contributed by atoms with E-state index in [0.717, 1.165) is 42.5 Å². The van der Waals surface area contributed by atoms with Gasteiger partial charge in [0.05, 0.1) is 12.6 Å². The van der Waals surface area contributed by atoms with Crippen molar-refractivity contribution >= 4 is 33.6 Å². The van der Waals surface area contributed by atoms with Crippen LogP contribution in [0.4, 0.5) is 0 Å². The topological polar surface area (TPSA) is 36.9 Å². The van der Waals surface area contributed by atoms with Crippen molar-refractivity contribution < 1.29 is 4.84 Å². The lowest BCUT2D eigenvalue weighted by Crippen LogP contribution is -2.43. The smallest absolute Gasteiger partial charge is 0.238 e. The lowest BCUT2D eigenvalue weighted by atomic mass is 9.89. The van der Waals surface area contributed by atoms with E-state index in [1.807, 2.05) is 23.3 Å². The second kappa shape index (κ2) is 7.88. The number of rotatable bonds is 2. The highest BCUT2D eigenvalue weighted by atomic mass is 35.5. The van der Waals surface area contributed by atoms with Crippen LogP contribution in [0.3, 0.4) is 0 Å². The van der Waals surface area contributed by atoms with Crippen LogP contribution in [0.1, 0.15) is 25.3 Å². The van der Waals surface area contributed by atoms with Gasteiger partial charge >= 0.3 is 0 Å². The van der Waals surface area contributed by atoms with Crippen molar-refractivity contribution in [1.82, 2.24) is 9.79 Å². The molecule has 1 aromatic carbocycles. The molecule has 1 N–H and O–H groups in total. The number of fused-ring (bicyclic) bond motifs is 1. The molecule has 2 aliphatic carbocycles. The predicted molar refractivity (Wildman–Crippen MR) is 123 cm³/mol. The van der Waals surface area contributed by atoms with E-state index in [2.05, 4.69) is 53.5 Å². The highest BCUT2D eigenvalue weighted by Crippen LogP contribution is 2.39. The molecule has 2 heterocycles. The van der Waals surface area contributed by atoms with Crippen LogP contribution in [0.2, 0.25) is 5.02 Å². The van der Waals surface area contributed by atoms with Crippen LogP contribution in [0.15, 0.2) is 75.9 Å². The summed E-state index contributed by atoms with van der Waals surface area (Å²) in [5.41, 5.74) is 2.43. The Balaban J connectivity index is 1.44. The van der Waals surface area contributed by atoms with E-state index in [1.165, 1.54) is 16.0 Å². The van der Waals surface area contributed by atoms with Gasteiger partial charge in [-0.25, -0.2) is 4.99 Å². The van der Waals surface area contributed by atoms with Crippen LogP contribution in [0, 0.1) is 5.92 Å². The monoisotopic (exact) mass is 425 g/mol. The summed E-state index contributed by atoms with van der Waals surface area (Å²) in [5.74, 6) is 2.18. The number of halogens is 1. The van der Waals surface area contributed by atoms with Gasteiger partial charge in [0.2, 0.25) is 5.96 Å². The zero-order valence-corrected chi connectivity index (χ0v) is 17.9. The number of benzene rings is 1. The molecule has 0 amide bonds. The molecule has 0 saturated carbocycles. The zero-order valence-electron chi connectivity index (χ0n) is 16.3. The van der Waals surface area contributed by atoms with Crippen molar-refractivity contribution in [2.45, 2.75) is 32.2 Å². The Morgan fingerprint density at radius 3 is 3.10 bits per heavy atom. The van der Waals surface area contributed by atoms with Crippen LogP contribution >= 0.6 is 22.3 Å². The van der Waals surface area contributed by atoms with Gasteiger partial charge in [0, 0.05) is 27.8 Å². The van der Waals surface area contributed by atoms with E-state index in [0.29, 0.717) is 0 Å². The van der Waals surface area contributed by atoms with Gasteiger partial charge in [0.25, 0.3) is 0 Å². The number of guanidine groups is 1. The minimum Gasteiger partial charge on any atom is -0.381 e. The molecule has 5 rings (SSSR count). The number of nitrogens with zero attached hydrogens (tertiary/aromatic N) is 2. The average molecular weight is 426 g/mol. The minimum absolute atomic E-state index is 0.0869. The van der Waals surface area contributed by atoms with Crippen molar-refractivity contribution in [1.29, 1.82) is 0 Å². The first-order valence-corrected chi connectivity index (χ1v) is 11.7. The molecule has 29 heavy (non-hydrogen) atoms. The molecular formula is C23H24ClN3OS. The van der Waals surface area contributed by atoms with E-state index in [4.69, 9.17) is 21.4 Å². The standard InChI is InChI=1S/C23H24ClN3OS/c1-2-29-21-13-7-10-17(14-16-8-3-5-11-19(16)24)22(21)25-23(26-29)27-15-18-9-4-6-12-20(18)28-27/h2-5,7-11,13,17,22H,6,12,14-15H2,1H3,(H,25,26). The molecule has 4 nitrogen and oxygen atoms in total. The predicted octanol–water partition coefficient (Wildman–Crippen LogP) is 5.14. The number of allylic oxidation sites excluding steroid dienone is 4. The molecule has 0 fully saturated rings. The molecule has 0 saturated heterocycles. The van der Waals surface area contributed by atoms with E-state index < -0.39 is 0 Å². The SMILES string of the molecule is C/C=S1\NC(N2CC3=C(CCC=C3)O2)=NC2C1=CC=CC2Cc1ccccc1Cl. The third-order valence-electron chi connectivity index (χ3n) is 5.67. The summed E-state index contributed by atoms with van der Waals surface area (Å²) in [7, 11) is -0.176. The third-order valence-corrected chi connectivity index (χ3v) is 7.80. The molecule has 3 atom stereocenters. The first-order chi connectivity index (χ1) is 14.2. The second-order valence-electron chi connectivity index (χ2n) is 7.50. The van der Waals surface area contributed by atoms with Gasteiger partial charge in [-0.2, -0.15) is 5.06 Å². The van der Waals surface area contributed by atoms with Crippen LogP contribution in [-0.4, -0.2) is 29.0 Å².